The molecule has 0 spiro atoms. The number of nitrogens with zero attached hydrogens (tertiary/aromatic N) is 6. The first-order valence-electron chi connectivity index (χ1n) is 9.98. The number of thiazole rings is 1. The summed E-state index contributed by atoms with van der Waals surface area (Å²) in [5, 5.41) is 8.41. The molecule has 1 atom stereocenters. The second kappa shape index (κ2) is 9.52. The number of fused-ring (bicyclic) bond motifs is 1. The van der Waals surface area contributed by atoms with E-state index in [1.807, 2.05) is 30.8 Å². The van der Waals surface area contributed by atoms with E-state index >= 15 is 0 Å². The van der Waals surface area contributed by atoms with Crippen LogP contribution in [-0.2, 0) is 12.8 Å². The van der Waals surface area contributed by atoms with Gasteiger partial charge < -0.3 is 5.73 Å². The molecular formula is C21H23N7OS2. The van der Waals surface area contributed by atoms with Crippen molar-refractivity contribution in [1.82, 2.24) is 29.7 Å². The lowest BCUT2D eigenvalue weighted by Gasteiger charge is -2.09. The summed E-state index contributed by atoms with van der Waals surface area (Å²) in [7, 11) is 0. The maximum absolute atomic E-state index is 12.6. The average molecular weight is 454 g/mol. The molecule has 0 amide bonds. The number of anilines is 1. The number of nitrogen functional groups attached to an aromatic ring is 1. The highest BCUT2D eigenvalue weighted by molar-refractivity contribution is 7.98. The fourth-order valence-corrected chi connectivity index (χ4v) is 4.56. The summed E-state index contributed by atoms with van der Waals surface area (Å²) in [5.41, 5.74) is 7.13. The first kappa shape index (κ1) is 21.4. The van der Waals surface area contributed by atoms with Gasteiger partial charge >= 0.3 is 0 Å². The molecule has 3 heterocycles. The van der Waals surface area contributed by atoms with Gasteiger partial charge in [0.25, 0.3) is 5.91 Å². The lowest BCUT2D eigenvalue weighted by molar-refractivity contribution is 0.0962. The van der Waals surface area contributed by atoms with Crippen LogP contribution in [0, 0.1) is 5.92 Å². The summed E-state index contributed by atoms with van der Waals surface area (Å²) in [6.45, 7) is 2.25. The predicted octanol–water partition coefficient (Wildman–Crippen LogP) is 3.87. The third kappa shape index (κ3) is 5.08. The number of carbonyl (C=O) groups excluding carboxylic acids is 1. The van der Waals surface area contributed by atoms with E-state index in [0.717, 1.165) is 51.6 Å². The van der Waals surface area contributed by atoms with Gasteiger partial charge in [0.1, 0.15) is 12.2 Å². The predicted molar refractivity (Wildman–Crippen MR) is 123 cm³/mol. The van der Waals surface area contributed by atoms with Gasteiger partial charge in [-0.25, -0.2) is 19.5 Å². The van der Waals surface area contributed by atoms with Gasteiger partial charge in [-0.2, -0.15) is 0 Å². The first-order valence-corrected chi connectivity index (χ1v) is 12.0. The smallest absolute Gasteiger partial charge is 0.266 e. The Balaban J connectivity index is 1.35. The Morgan fingerprint density at radius 1 is 1.23 bits per heavy atom. The average Bonchev–Trinajstić information content (AvgIpc) is 3.41. The molecule has 4 aromatic rings. The Kier molecular flexibility index (Phi) is 6.57. The molecule has 0 aliphatic rings. The van der Waals surface area contributed by atoms with E-state index in [-0.39, 0.29) is 11.9 Å². The molecule has 31 heavy (non-hydrogen) atoms. The van der Waals surface area contributed by atoms with Crippen molar-refractivity contribution in [2.45, 2.75) is 37.5 Å². The van der Waals surface area contributed by atoms with Crippen LogP contribution in [0.2, 0.25) is 0 Å². The van der Waals surface area contributed by atoms with E-state index in [1.165, 1.54) is 10.9 Å². The molecule has 8 nitrogen and oxygen atoms in total. The van der Waals surface area contributed by atoms with Crippen molar-refractivity contribution in [2.24, 2.45) is 5.92 Å². The van der Waals surface area contributed by atoms with Crippen LogP contribution in [-0.4, -0.2) is 41.9 Å². The summed E-state index contributed by atoms with van der Waals surface area (Å²) < 4.78 is 2.23. The first-order chi connectivity index (χ1) is 15.0. The van der Waals surface area contributed by atoms with E-state index in [4.69, 9.17) is 10.7 Å². The number of hydrogen-bond acceptors (Lipinski definition) is 9. The number of benzene rings is 1. The van der Waals surface area contributed by atoms with E-state index in [9.17, 15) is 4.79 Å². The molecule has 0 aliphatic carbocycles. The molecule has 0 saturated heterocycles. The molecule has 2 N–H and O–H groups in total. The van der Waals surface area contributed by atoms with Gasteiger partial charge in [0.15, 0.2) is 0 Å². The van der Waals surface area contributed by atoms with Gasteiger partial charge in [-0.1, -0.05) is 6.92 Å². The number of aromatic nitrogens is 6. The summed E-state index contributed by atoms with van der Waals surface area (Å²) in [6, 6.07) is 5.50. The molecule has 0 bridgehead atoms. The molecule has 3 aromatic heterocycles. The van der Waals surface area contributed by atoms with Gasteiger partial charge in [0.2, 0.25) is 5.95 Å². The lowest BCUT2D eigenvalue weighted by Crippen LogP contribution is -2.13. The zero-order valence-electron chi connectivity index (χ0n) is 17.4. The Morgan fingerprint density at radius 2 is 2.00 bits per heavy atom. The van der Waals surface area contributed by atoms with E-state index in [2.05, 4.69) is 27.1 Å². The van der Waals surface area contributed by atoms with Gasteiger partial charge in [-0.3, -0.25) is 4.79 Å². The fraction of sp³-hybridized carbons (Fsp3) is 0.333. The lowest BCUT2D eigenvalue weighted by atomic mass is 10.00. The third-order valence-electron chi connectivity index (χ3n) is 5.10. The highest BCUT2D eigenvalue weighted by atomic mass is 32.2. The quantitative estimate of drug-likeness (QED) is 0.400. The maximum atomic E-state index is 12.6. The molecule has 4 rings (SSSR count). The van der Waals surface area contributed by atoms with Gasteiger partial charge in [0, 0.05) is 29.3 Å². The third-order valence-corrected chi connectivity index (χ3v) is 6.86. The number of aryl methyl sites for hydroxylation is 2. The van der Waals surface area contributed by atoms with Crippen LogP contribution >= 0.6 is 23.1 Å². The Morgan fingerprint density at radius 3 is 2.71 bits per heavy atom. The van der Waals surface area contributed by atoms with Crippen LogP contribution in [0.5, 0.6) is 0 Å². The van der Waals surface area contributed by atoms with Crippen molar-refractivity contribution in [2.75, 3.05) is 12.0 Å². The highest BCUT2D eigenvalue weighted by Gasteiger charge is 2.14. The number of carbonyl (C=O) groups is 1. The minimum atomic E-state index is -0.249. The van der Waals surface area contributed by atoms with Gasteiger partial charge in [-0.05, 0) is 49.6 Å². The SMILES string of the molecule is CSc1cnc(CC[C@H](C)CCc2nc3ccc(C(=O)n4cnnc4N)cc3s2)nc1. The Hall–Kier alpha value is -2.85. The highest BCUT2D eigenvalue weighted by Crippen LogP contribution is 2.26. The maximum Gasteiger partial charge on any atom is 0.266 e. The molecule has 0 fully saturated rings. The van der Waals surface area contributed by atoms with E-state index in [1.54, 1.807) is 29.2 Å². The largest absolute Gasteiger partial charge is 0.368 e. The number of thioether (sulfide) groups is 1. The minimum Gasteiger partial charge on any atom is -0.368 e. The minimum absolute atomic E-state index is 0.0784. The molecule has 0 aliphatic heterocycles. The molecule has 0 saturated carbocycles. The van der Waals surface area contributed by atoms with Crippen LogP contribution in [0.15, 0.2) is 41.8 Å². The topological polar surface area (TPSA) is 112 Å². The zero-order valence-corrected chi connectivity index (χ0v) is 19.0. The fourth-order valence-electron chi connectivity index (χ4n) is 3.22. The van der Waals surface area contributed by atoms with Crippen LogP contribution in [0.3, 0.4) is 0 Å². The normalized spacial score (nSPS) is 12.3. The standard InChI is InChI=1S/C21H23N7OS2/c1-13(3-7-18-23-10-15(30-2)11-24-18)4-8-19-26-16-6-5-14(9-17(16)31-19)20(29)28-12-25-27-21(28)22/h5-6,9-13H,3-4,7-8H2,1-2H3,(H2,22,27)/t13-/m0/s1. The molecule has 1 aromatic carbocycles. The van der Waals surface area contributed by atoms with Crippen molar-refractivity contribution in [1.29, 1.82) is 0 Å². The summed E-state index contributed by atoms with van der Waals surface area (Å²) in [5.74, 6) is 1.27. The van der Waals surface area contributed by atoms with Gasteiger partial charge in [0.05, 0.1) is 15.2 Å². The summed E-state index contributed by atoms with van der Waals surface area (Å²) >= 11 is 3.28. The molecular weight excluding hydrogens is 430 g/mol. The Labute approximate surface area is 188 Å². The van der Waals surface area contributed by atoms with Crippen molar-refractivity contribution >= 4 is 45.2 Å². The number of hydrogen-bond donors (Lipinski definition) is 1. The van der Waals surface area contributed by atoms with E-state index in [0.29, 0.717) is 11.5 Å². The Bertz CT molecular complexity index is 1190. The van der Waals surface area contributed by atoms with Gasteiger partial charge in [-0.15, -0.1) is 33.3 Å². The molecule has 10 heteroatoms. The summed E-state index contributed by atoms with van der Waals surface area (Å²) in [6.07, 6.45) is 11.0. The van der Waals surface area contributed by atoms with Crippen LogP contribution in [0.4, 0.5) is 5.95 Å². The van der Waals surface area contributed by atoms with Crippen molar-refractivity contribution in [3.63, 3.8) is 0 Å². The second-order valence-corrected chi connectivity index (χ2v) is 9.37. The van der Waals surface area contributed by atoms with E-state index < -0.39 is 0 Å². The number of nitrogens with two attached hydrogens (primary N) is 1. The molecule has 160 valence electrons. The van der Waals surface area contributed by atoms with Crippen molar-refractivity contribution < 1.29 is 4.79 Å². The molecule has 0 unspecified atom stereocenters. The summed E-state index contributed by atoms with van der Waals surface area (Å²) in [4.78, 5) is 27.3. The zero-order chi connectivity index (χ0) is 21.8. The molecule has 0 radical (unpaired) electrons. The van der Waals surface area contributed by atoms with Crippen molar-refractivity contribution in [3.05, 3.63) is 53.3 Å². The monoisotopic (exact) mass is 453 g/mol. The number of rotatable bonds is 8. The van der Waals surface area contributed by atoms with Crippen LogP contribution in [0.1, 0.15) is 41.0 Å². The van der Waals surface area contributed by atoms with Crippen LogP contribution < -0.4 is 5.73 Å². The van der Waals surface area contributed by atoms with Crippen LogP contribution in [0.25, 0.3) is 10.2 Å². The second-order valence-electron chi connectivity index (χ2n) is 7.38. The van der Waals surface area contributed by atoms with Crippen molar-refractivity contribution in [3.8, 4) is 0 Å².